The second-order valence-electron chi connectivity index (χ2n) is 5.13. The van der Waals surface area contributed by atoms with E-state index in [-0.39, 0.29) is 17.0 Å². The molecule has 0 fully saturated rings. The number of carbonyl (C=O) groups excluding carboxylic acids is 2. The number of hydrogen-bond donors (Lipinski definition) is 0. The lowest BCUT2D eigenvalue weighted by Gasteiger charge is -2.13. The Morgan fingerprint density at radius 2 is 1.96 bits per heavy atom. The van der Waals surface area contributed by atoms with Gasteiger partial charge in [0.25, 0.3) is 0 Å². The van der Waals surface area contributed by atoms with Gasteiger partial charge in [-0.15, -0.1) is 0 Å². The third-order valence-corrected chi connectivity index (χ3v) is 3.47. The molecule has 0 saturated heterocycles. The van der Waals surface area contributed by atoms with E-state index < -0.39 is 11.7 Å². The predicted octanol–water partition coefficient (Wildman–Crippen LogP) is 0.760. The van der Waals surface area contributed by atoms with Crippen molar-refractivity contribution in [3.8, 4) is 5.69 Å². The standard InChI is InChI=1S/C15H14N4O4/c1-18-15(22)19(17-16-18)13-8-3-2-7-12(13)14(21)23-11-6-4-5-10(20)9-11/h2-3,7-9H,4-6H2,1H3. The number of para-hydroxylation sites is 1. The Labute approximate surface area is 131 Å². The molecule has 0 amide bonds. The fraction of sp³-hybridized carbons (Fsp3) is 0.267. The van der Waals surface area contributed by atoms with Crippen molar-refractivity contribution < 1.29 is 14.3 Å². The van der Waals surface area contributed by atoms with Crippen LogP contribution in [0.1, 0.15) is 29.6 Å². The molecule has 3 rings (SSSR count). The summed E-state index contributed by atoms with van der Waals surface area (Å²) in [7, 11) is 1.46. The van der Waals surface area contributed by atoms with Crippen LogP contribution < -0.4 is 5.69 Å². The Kier molecular flexibility index (Phi) is 3.88. The van der Waals surface area contributed by atoms with Crippen LogP contribution in [0, 0.1) is 0 Å². The molecule has 0 spiro atoms. The molecule has 0 bridgehead atoms. The summed E-state index contributed by atoms with van der Waals surface area (Å²) in [6.45, 7) is 0. The highest BCUT2D eigenvalue weighted by atomic mass is 16.5. The van der Waals surface area contributed by atoms with Crippen molar-refractivity contribution in [1.29, 1.82) is 0 Å². The number of ether oxygens (including phenoxy) is 1. The second kappa shape index (κ2) is 5.99. The van der Waals surface area contributed by atoms with Gasteiger partial charge in [0.05, 0.1) is 11.3 Å². The number of allylic oxidation sites excluding steroid dienone is 2. The Balaban J connectivity index is 1.94. The highest BCUT2D eigenvalue weighted by molar-refractivity contribution is 5.95. The number of tetrazole rings is 1. The highest BCUT2D eigenvalue weighted by Gasteiger charge is 2.20. The molecule has 23 heavy (non-hydrogen) atoms. The van der Waals surface area contributed by atoms with E-state index in [9.17, 15) is 14.4 Å². The number of esters is 1. The monoisotopic (exact) mass is 314 g/mol. The van der Waals surface area contributed by atoms with Crippen LogP contribution in [0.25, 0.3) is 5.69 Å². The summed E-state index contributed by atoms with van der Waals surface area (Å²) in [6.07, 6.45) is 3.00. The van der Waals surface area contributed by atoms with Crippen LogP contribution in [0.2, 0.25) is 0 Å². The summed E-state index contributed by atoms with van der Waals surface area (Å²) in [5.74, 6) is -0.357. The van der Waals surface area contributed by atoms with Gasteiger partial charge in [-0.2, -0.15) is 9.36 Å². The van der Waals surface area contributed by atoms with Crippen molar-refractivity contribution in [2.75, 3.05) is 0 Å². The maximum Gasteiger partial charge on any atom is 0.368 e. The van der Waals surface area contributed by atoms with Gasteiger partial charge in [0, 0.05) is 26.0 Å². The van der Waals surface area contributed by atoms with Crippen LogP contribution >= 0.6 is 0 Å². The third kappa shape index (κ3) is 2.96. The number of hydrogen-bond acceptors (Lipinski definition) is 6. The van der Waals surface area contributed by atoms with Crippen LogP contribution in [0.4, 0.5) is 0 Å². The SMILES string of the molecule is Cn1nnn(-c2ccccc2C(=O)OC2=CC(=O)CCC2)c1=O. The molecule has 0 N–H and O–H groups in total. The molecule has 118 valence electrons. The van der Waals surface area contributed by atoms with Crippen molar-refractivity contribution in [3.05, 3.63) is 52.1 Å². The first-order valence-corrected chi connectivity index (χ1v) is 7.10. The van der Waals surface area contributed by atoms with Gasteiger partial charge in [0.1, 0.15) is 5.76 Å². The molecule has 1 aliphatic rings. The van der Waals surface area contributed by atoms with Gasteiger partial charge in [0.15, 0.2) is 5.78 Å². The van der Waals surface area contributed by atoms with E-state index in [0.717, 1.165) is 9.36 Å². The summed E-state index contributed by atoms with van der Waals surface area (Å²) in [4.78, 5) is 35.8. The highest BCUT2D eigenvalue weighted by Crippen LogP contribution is 2.20. The van der Waals surface area contributed by atoms with Crippen LogP contribution in [-0.4, -0.2) is 31.5 Å². The second-order valence-corrected chi connectivity index (χ2v) is 5.13. The summed E-state index contributed by atoms with van der Waals surface area (Å²) >= 11 is 0. The van der Waals surface area contributed by atoms with E-state index in [4.69, 9.17) is 4.74 Å². The van der Waals surface area contributed by atoms with Crippen LogP contribution in [-0.2, 0) is 16.6 Å². The Bertz CT molecular complexity index is 862. The van der Waals surface area contributed by atoms with Gasteiger partial charge in [-0.25, -0.2) is 9.59 Å². The zero-order valence-corrected chi connectivity index (χ0v) is 12.4. The lowest BCUT2D eigenvalue weighted by atomic mass is 10.1. The molecular formula is C15H14N4O4. The van der Waals surface area contributed by atoms with Gasteiger partial charge in [-0.1, -0.05) is 12.1 Å². The van der Waals surface area contributed by atoms with E-state index in [2.05, 4.69) is 10.4 Å². The Morgan fingerprint density at radius 1 is 1.17 bits per heavy atom. The fourth-order valence-corrected chi connectivity index (χ4v) is 2.31. The minimum absolute atomic E-state index is 0.0579. The Morgan fingerprint density at radius 3 is 2.65 bits per heavy atom. The minimum atomic E-state index is -0.640. The molecule has 0 atom stereocenters. The number of nitrogens with zero attached hydrogens (tertiary/aromatic N) is 4. The number of aromatic nitrogens is 4. The average Bonchev–Trinajstić information content (AvgIpc) is 2.87. The van der Waals surface area contributed by atoms with E-state index in [0.29, 0.717) is 25.0 Å². The molecule has 2 aromatic rings. The zero-order chi connectivity index (χ0) is 16.4. The third-order valence-electron chi connectivity index (χ3n) is 3.47. The first-order chi connectivity index (χ1) is 11.1. The van der Waals surface area contributed by atoms with E-state index in [1.165, 1.54) is 19.2 Å². The van der Waals surface area contributed by atoms with E-state index in [1.54, 1.807) is 18.2 Å². The fourth-order valence-electron chi connectivity index (χ4n) is 2.31. The lowest BCUT2D eigenvalue weighted by Crippen LogP contribution is -2.24. The summed E-state index contributed by atoms with van der Waals surface area (Å²) in [5, 5.41) is 7.36. The normalized spacial score (nSPS) is 14.5. The average molecular weight is 314 g/mol. The molecule has 1 heterocycles. The predicted molar refractivity (Wildman–Crippen MR) is 79.0 cm³/mol. The molecular weight excluding hydrogens is 300 g/mol. The zero-order valence-electron chi connectivity index (χ0n) is 12.4. The van der Waals surface area contributed by atoms with Crippen LogP contribution in [0.3, 0.4) is 0 Å². The maximum atomic E-state index is 12.4. The molecule has 1 aromatic carbocycles. The summed E-state index contributed by atoms with van der Waals surface area (Å²) in [6, 6.07) is 6.44. The number of rotatable bonds is 3. The van der Waals surface area contributed by atoms with Crippen molar-refractivity contribution in [2.45, 2.75) is 19.3 Å². The minimum Gasteiger partial charge on any atom is -0.427 e. The quantitative estimate of drug-likeness (QED) is 0.776. The van der Waals surface area contributed by atoms with E-state index >= 15 is 0 Å². The van der Waals surface area contributed by atoms with Crippen molar-refractivity contribution in [2.24, 2.45) is 7.05 Å². The van der Waals surface area contributed by atoms with E-state index in [1.807, 2.05) is 0 Å². The summed E-state index contributed by atoms with van der Waals surface area (Å²) < 4.78 is 7.37. The van der Waals surface area contributed by atoms with Crippen LogP contribution in [0.15, 0.2) is 40.9 Å². The number of carbonyl (C=O) groups is 2. The van der Waals surface area contributed by atoms with Gasteiger partial charge < -0.3 is 4.74 Å². The topological polar surface area (TPSA) is 96.1 Å². The molecule has 1 aliphatic carbocycles. The molecule has 8 heteroatoms. The molecule has 0 unspecified atom stereocenters. The molecule has 0 radical (unpaired) electrons. The molecule has 8 nitrogen and oxygen atoms in total. The largest absolute Gasteiger partial charge is 0.427 e. The van der Waals surface area contributed by atoms with Gasteiger partial charge >= 0.3 is 11.7 Å². The van der Waals surface area contributed by atoms with Gasteiger partial charge in [-0.05, 0) is 29.0 Å². The first-order valence-electron chi connectivity index (χ1n) is 7.10. The number of aryl methyl sites for hydroxylation is 1. The smallest absolute Gasteiger partial charge is 0.368 e. The van der Waals surface area contributed by atoms with Crippen molar-refractivity contribution >= 4 is 11.8 Å². The van der Waals surface area contributed by atoms with Crippen LogP contribution in [0.5, 0.6) is 0 Å². The molecule has 1 aromatic heterocycles. The van der Waals surface area contributed by atoms with Gasteiger partial charge in [-0.3, -0.25) is 4.79 Å². The molecule has 0 aliphatic heterocycles. The first kappa shape index (κ1) is 14.9. The maximum absolute atomic E-state index is 12.4. The summed E-state index contributed by atoms with van der Waals surface area (Å²) in [5.41, 5.74) is -0.0235. The number of benzene rings is 1. The van der Waals surface area contributed by atoms with Crippen molar-refractivity contribution in [1.82, 2.24) is 19.8 Å². The van der Waals surface area contributed by atoms with Gasteiger partial charge in [0.2, 0.25) is 0 Å². The lowest BCUT2D eigenvalue weighted by molar-refractivity contribution is -0.115. The number of ketones is 1. The van der Waals surface area contributed by atoms with Crippen molar-refractivity contribution in [3.63, 3.8) is 0 Å². The Hall–Kier alpha value is -3.03. The molecule has 0 saturated carbocycles.